The molecule has 1 atom stereocenters. The summed E-state index contributed by atoms with van der Waals surface area (Å²) in [5, 5.41) is 0. The fraction of sp³-hybridized carbons (Fsp3) is 1.00. The van der Waals surface area contributed by atoms with Crippen molar-refractivity contribution in [3.8, 4) is 0 Å². The molecule has 0 saturated carbocycles. The summed E-state index contributed by atoms with van der Waals surface area (Å²) in [4.78, 5) is 3.98. The van der Waals surface area contributed by atoms with Crippen molar-refractivity contribution < 1.29 is 8.78 Å². The number of piperidine rings is 2. The lowest BCUT2D eigenvalue weighted by Gasteiger charge is -2.47. The molecule has 0 unspecified atom stereocenters. The number of halogens is 2. The quantitative estimate of drug-likeness (QED) is 0.784. The molecule has 2 rings (SSSR count). The van der Waals surface area contributed by atoms with Crippen molar-refractivity contribution in [1.82, 2.24) is 9.80 Å². The SMILES string of the molecule is CC(C)C1CCN([C@@H]2CCN(C(C)C)CC2(F)F)CC1. The predicted molar refractivity (Wildman–Crippen MR) is 79.2 cm³/mol. The van der Waals surface area contributed by atoms with E-state index in [-0.39, 0.29) is 12.6 Å². The highest BCUT2D eigenvalue weighted by atomic mass is 19.3. The number of alkyl halides is 2. The number of rotatable bonds is 3. The van der Waals surface area contributed by atoms with Crippen LogP contribution < -0.4 is 0 Å². The molecule has 2 fully saturated rings. The van der Waals surface area contributed by atoms with Gasteiger partial charge in [-0.1, -0.05) is 13.8 Å². The first-order valence-corrected chi connectivity index (χ1v) is 8.17. The Kier molecular flexibility index (Phi) is 5.06. The Morgan fingerprint density at radius 2 is 1.55 bits per heavy atom. The minimum Gasteiger partial charge on any atom is -0.295 e. The van der Waals surface area contributed by atoms with Gasteiger partial charge in [-0.15, -0.1) is 0 Å². The second-order valence-electron chi connectivity index (χ2n) is 7.25. The number of hydrogen-bond acceptors (Lipinski definition) is 2. The highest BCUT2D eigenvalue weighted by molar-refractivity contribution is 4.95. The Hall–Kier alpha value is -0.220. The maximum atomic E-state index is 14.4. The van der Waals surface area contributed by atoms with E-state index in [1.165, 1.54) is 0 Å². The van der Waals surface area contributed by atoms with E-state index in [9.17, 15) is 8.78 Å². The topological polar surface area (TPSA) is 6.48 Å². The normalized spacial score (nSPS) is 30.3. The molecule has 0 aliphatic carbocycles. The molecule has 118 valence electrons. The lowest BCUT2D eigenvalue weighted by molar-refractivity contribution is -0.137. The molecule has 0 N–H and O–H groups in total. The van der Waals surface area contributed by atoms with Gasteiger partial charge < -0.3 is 0 Å². The molecule has 0 radical (unpaired) electrons. The van der Waals surface area contributed by atoms with Crippen LogP contribution in [0.4, 0.5) is 8.78 Å². The minimum atomic E-state index is -2.56. The van der Waals surface area contributed by atoms with Crippen LogP contribution in [0.2, 0.25) is 0 Å². The molecule has 0 amide bonds. The lowest BCUT2D eigenvalue weighted by Crippen LogP contribution is -2.60. The zero-order valence-electron chi connectivity index (χ0n) is 13.4. The Balaban J connectivity index is 1.93. The Morgan fingerprint density at radius 3 is 2.00 bits per heavy atom. The first kappa shape index (κ1) is 16.2. The smallest absolute Gasteiger partial charge is 0.275 e. The summed E-state index contributed by atoms with van der Waals surface area (Å²) in [7, 11) is 0. The summed E-state index contributed by atoms with van der Waals surface area (Å²) in [5.74, 6) is -1.16. The van der Waals surface area contributed by atoms with Gasteiger partial charge in [0.1, 0.15) is 0 Å². The Labute approximate surface area is 122 Å². The summed E-state index contributed by atoms with van der Waals surface area (Å²) in [6, 6.07) is -0.320. The van der Waals surface area contributed by atoms with Crippen LogP contribution >= 0.6 is 0 Å². The van der Waals surface area contributed by atoms with Gasteiger partial charge in [-0.05, 0) is 58.0 Å². The highest BCUT2D eigenvalue weighted by Crippen LogP contribution is 2.35. The lowest BCUT2D eigenvalue weighted by atomic mass is 9.85. The fourth-order valence-electron chi connectivity index (χ4n) is 3.74. The Morgan fingerprint density at radius 1 is 0.950 bits per heavy atom. The molecule has 20 heavy (non-hydrogen) atoms. The second kappa shape index (κ2) is 6.27. The molecule has 0 aromatic rings. The largest absolute Gasteiger partial charge is 0.295 e. The molecule has 2 aliphatic rings. The maximum absolute atomic E-state index is 14.4. The van der Waals surface area contributed by atoms with Crippen LogP contribution in [0.5, 0.6) is 0 Å². The van der Waals surface area contributed by atoms with Crippen LogP contribution in [0.15, 0.2) is 0 Å². The molecule has 4 heteroatoms. The first-order valence-electron chi connectivity index (χ1n) is 8.17. The number of hydrogen-bond donors (Lipinski definition) is 0. The van der Waals surface area contributed by atoms with Crippen molar-refractivity contribution in [2.24, 2.45) is 11.8 Å². The van der Waals surface area contributed by atoms with Gasteiger partial charge in [0, 0.05) is 12.6 Å². The van der Waals surface area contributed by atoms with Gasteiger partial charge in [-0.3, -0.25) is 9.80 Å². The monoisotopic (exact) mass is 288 g/mol. The molecular formula is C16H30F2N2. The van der Waals surface area contributed by atoms with Gasteiger partial charge >= 0.3 is 0 Å². The number of likely N-dealkylation sites (tertiary alicyclic amines) is 2. The van der Waals surface area contributed by atoms with E-state index in [2.05, 4.69) is 18.7 Å². The zero-order valence-corrected chi connectivity index (χ0v) is 13.4. The van der Waals surface area contributed by atoms with E-state index in [0.717, 1.165) is 38.4 Å². The highest BCUT2D eigenvalue weighted by Gasteiger charge is 2.48. The van der Waals surface area contributed by atoms with E-state index in [4.69, 9.17) is 0 Å². The first-order chi connectivity index (χ1) is 9.31. The summed E-state index contributed by atoms with van der Waals surface area (Å²) < 4.78 is 28.9. The molecule has 2 aliphatic heterocycles. The molecule has 2 nitrogen and oxygen atoms in total. The molecule has 0 spiro atoms. The van der Waals surface area contributed by atoms with E-state index in [1.54, 1.807) is 0 Å². The summed E-state index contributed by atoms with van der Waals surface area (Å²) in [5.41, 5.74) is 0. The van der Waals surface area contributed by atoms with Crippen molar-refractivity contribution >= 4 is 0 Å². The second-order valence-corrected chi connectivity index (χ2v) is 7.25. The average molecular weight is 288 g/mol. The van der Waals surface area contributed by atoms with Crippen molar-refractivity contribution in [2.45, 2.75) is 65.0 Å². The number of nitrogens with zero attached hydrogens (tertiary/aromatic N) is 2. The average Bonchev–Trinajstić information content (AvgIpc) is 2.37. The van der Waals surface area contributed by atoms with Crippen LogP contribution in [0, 0.1) is 11.8 Å². The minimum absolute atomic E-state index is 0.0700. The van der Waals surface area contributed by atoms with Crippen LogP contribution in [-0.2, 0) is 0 Å². The van der Waals surface area contributed by atoms with Gasteiger partial charge in [-0.2, -0.15) is 0 Å². The summed E-state index contributed by atoms with van der Waals surface area (Å²) >= 11 is 0. The Bertz CT molecular complexity index is 310. The molecular weight excluding hydrogens is 258 g/mol. The van der Waals surface area contributed by atoms with E-state index >= 15 is 0 Å². The van der Waals surface area contributed by atoms with Crippen molar-refractivity contribution in [2.75, 3.05) is 26.2 Å². The maximum Gasteiger partial charge on any atom is 0.275 e. The van der Waals surface area contributed by atoms with Crippen LogP contribution in [-0.4, -0.2) is 54.0 Å². The molecule has 2 saturated heterocycles. The molecule has 0 aromatic carbocycles. The van der Waals surface area contributed by atoms with Gasteiger partial charge in [0.05, 0.1) is 12.6 Å². The third kappa shape index (κ3) is 3.51. The van der Waals surface area contributed by atoms with Crippen LogP contribution in [0.3, 0.4) is 0 Å². The summed E-state index contributed by atoms with van der Waals surface area (Å²) in [6.07, 6.45) is 2.77. The third-order valence-electron chi connectivity index (χ3n) is 5.28. The van der Waals surface area contributed by atoms with Crippen molar-refractivity contribution in [3.63, 3.8) is 0 Å². The van der Waals surface area contributed by atoms with Gasteiger partial charge in [0.15, 0.2) is 0 Å². The van der Waals surface area contributed by atoms with Gasteiger partial charge in [0.2, 0.25) is 0 Å². The summed E-state index contributed by atoms with van der Waals surface area (Å²) in [6.45, 7) is 10.9. The molecule has 0 aromatic heterocycles. The third-order valence-corrected chi connectivity index (χ3v) is 5.28. The molecule has 0 bridgehead atoms. The standard InChI is InChI=1S/C16H30F2N2/c1-12(2)14-5-8-19(9-6-14)15-7-10-20(13(3)4)11-16(15,17)18/h12-15H,5-11H2,1-4H3/t15-/m1/s1. The van der Waals surface area contributed by atoms with E-state index < -0.39 is 12.0 Å². The van der Waals surface area contributed by atoms with E-state index in [1.807, 2.05) is 18.7 Å². The fourth-order valence-corrected chi connectivity index (χ4v) is 3.74. The van der Waals surface area contributed by atoms with Crippen LogP contribution in [0.25, 0.3) is 0 Å². The van der Waals surface area contributed by atoms with Crippen molar-refractivity contribution in [1.29, 1.82) is 0 Å². The van der Waals surface area contributed by atoms with Gasteiger partial charge in [0.25, 0.3) is 5.92 Å². The van der Waals surface area contributed by atoms with Crippen molar-refractivity contribution in [3.05, 3.63) is 0 Å². The van der Waals surface area contributed by atoms with Gasteiger partial charge in [-0.25, -0.2) is 8.78 Å². The van der Waals surface area contributed by atoms with Crippen LogP contribution in [0.1, 0.15) is 47.0 Å². The van der Waals surface area contributed by atoms with E-state index in [0.29, 0.717) is 12.3 Å². The predicted octanol–water partition coefficient (Wildman–Crippen LogP) is 3.47. The zero-order chi connectivity index (χ0) is 14.9. The molecule has 2 heterocycles.